The van der Waals surface area contributed by atoms with Crippen LogP contribution in [0.5, 0.6) is 0 Å². The molecule has 1 atom stereocenters. The van der Waals surface area contributed by atoms with Crippen LogP contribution in [0.1, 0.15) is 50.6 Å². The molecular formula is C17H21F2NO2. The van der Waals surface area contributed by atoms with Crippen molar-refractivity contribution in [3.05, 3.63) is 35.4 Å². The van der Waals surface area contributed by atoms with Gasteiger partial charge in [-0.05, 0) is 37.5 Å². The minimum absolute atomic E-state index is 0.0609. The number of aldehydes is 1. The van der Waals surface area contributed by atoms with Crippen LogP contribution in [0.15, 0.2) is 18.2 Å². The average molecular weight is 309 g/mol. The van der Waals surface area contributed by atoms with E-state index < -0.39 is 17.7 Å². The van der Waals surface area contributed by atoms with Crippen LogP contribution in [0.25, 0.3) is 0 Å². The van der Waals surface area contributed by atoms with E-state index in [1.165, 1.54) is 17.0 Å². The highest BCUT2D eigenvalue weighted by Gasteiger charge is 2.29. The first-order valence-corrected chi connectivity index (χ1v) is 7.73. The second-order valence-electron chi connectivity index (χ2n) is 5.87. The Balaban J connectivity index is 2.21. The number of hydrogen-bond acceptors (Lipinski definition) is 2. The van der Waals surface area contributed by atoms with Crippen LogP contribution in [0.3, 0.4) is 0 Å². The van der Waals surface area contributed by atoms with E-state index in [0.717, 1.165) is 38.2 Å². The van der Waals surface area contributed by atoms with Crippen molar-refractivity contribution in [2.24, 2.45) is 5.92 Å². The maximum atomic E-state index is 13.4. The summed E-state index contributed by atoms with van der Waals surface area (Å²) >= 11 is 0. The molecule has 0 bridgehead atoms. The van der Waals surface area contributed by atoms with Crippen molar-refractivity contribution in [2.45, 2.75) is 45.1 Å². The van der Waals surface area contributed by atoms with Crippen LogP contribution in [0.2, 0.25) is 0 Å². The molecule has 0 spiro atoms. The quantitative estimate of drug-likeness (QED) is 0.779. The molecule has 5 heteroatoms. The molecule has 1 unspecified atom stereocenters. The summed E-state index contributed by atoms with van der Waals surface area (Å²) in [7, 11) is 0. The van der Waals surface area contributed by atoms with Gasteiger partial charge in [-0.25, -0.2) is 8.78 Å². The van der Waals surface area contributed by atoms with Crippen molar-refractivity contribution in [1.82, 2.24) is 4.90 Å². The van der Waals surface area contributed by atoms with E-state index in [9.17, 15) is 18.4 Å². The molecule has 0 saturated heterocycles. The maximum absolute atomic E-state index is 13.4. The van der Waals surface area contributed by atoms with E-state index in [1.54, 1.807) is 6.92 Å². The molecule has 0 radical (unpaired) electrons. The summed E-state index contributed by atoms with van der Waals surface area (Å²) in [5.41, 5.74) is 0.364. The Labute approximate surface area is 129 Å². The van der Waals surface area contributed by atoms with Crippen molar-refractivity contribution in [3.8, 4) is 0 Å². The number of nitrogens with zero attached hydrogens (tertiary/aromatic N) is 1. The molecule has 1 aromatic carbocycles. The zero-order valence-electron chi connectivity index (χ0n) is 12.7. The molecular weight excluding hydrogens is 288 g/mol. The first kappa shape index (κ1) is 16.6. The molecule has 1 saturated carbocycles. The van der Waals surface area contributed by atoms with E-state index in [-0.39, 0.29) is 18.4 Å². The lowest BCUT2D eigenvalue weighted by Gasteiger charge is -2.32. The Bertz CT molecular complexity index is 521. The Morgan fingerprint density at radius 1 is 1.23 bits per heavy atom. The van der Waals surface area contributed by atoms with Gasteiger partial charge in [0.1, 0.15) is 17.9 Å². The van der Waals surface area contributed by atoms with Gasteiger partial charge in [-0.15, -0.1) is 0 Å². The lowest BCUT2D eigenvalue weighted by atomic mass is 9.87. The highest BCUT2D eigenvalue weighted by Crippen LogP contribution is 2.29. The highest BCUT2D eigenvalue weighted by atomic mass is 19.1. The molecule has 1 aliphatic carbocycles. The second-order valence-corrected chi connectivity index (χ2v) is 5.87. The van der Waals surface area contributed by atoms with Crippen LogP contribution in [-0.2, 0) is 9.59 Å². The molecule has 1 aromatic rings. The first-order valence-electron chi connectivity index (χ1n) is 7.73. The number of amides is 1. The molecule has 0 aromatic heterocycles. The molecule has 2 rings (SSSR count). The number of rotatable bonds is 5. The summed E-state index contributed by atoms with van der Waals surface area (Å²) in [6.45, 7) is 1.63. The van der Waals surface area contributed by atoms with Gasteiger partial charge in [0, 0.05) is 12.0 Å². The van der Waals surface area contributed by atoms with Gasteiger partial charge in [-0.3, -0.25) is 4.79 Å². The number of halogens is 2. The van der Waals surface area contributed by atoms with Crippen LogP contribution in [0, 0.1) is 17.6 Å². The molecule has 0 aliphatic heterocycles. The Hall–Kier alpha value is -1.78. The van der Waals surface area contributed by atoms with E-state index in [0.29, 0.717) is 11.8 Å². The molecule has 1 amide bonds. The van der Waals surface area contributed by atoms with Crippen molar-refractivity contribution in [3.63, 3.8) is 0 Å². The molecule has 0 N–H and O–H groups in total. The summed E-state index contributed by atoms with van der Waals surface area (Å²) in [6, 6.07) is 2.67. The number of benzene rings is 1. The number of carbonyl (C=O) groups excluding carboxylic acids is 2. The first-order chi connectivity index (χ1) is 10.5. The minimum atomic E-state index is -0.682. The third-order valence-electron chi connectivity index (χ3n) is 4.34. The predicted octanol–water partition coefficient (Wildman–Crippen LogP) is 3.63. The third kappa shape index (κ3) is 3.90. The summed E-state index contributed by atoms with van der Waals surface area (Å²) in [4.78, 5) is 25.0. The van der Waals surface area contributed by atoms with Gasteiger partial charge in [0.25, 0.3) is 0 Å². The van der Waals surface area contributed by atoms with Crippen molar-refractivity contribution >= 4 is 12.2 Å². The molecule has 0 heterocycles. The van der Waals surface area contributed by atoms with E-state index >= 15 is 0 Å². The summed E-state index contributed by atoms with van der Waals surface area (Å²) in [5.74, 6) is -1.55. The molecule has 1 aliphatic rings. The van der Waals surface area contributed by atoms with E-state index in [2.05, 4.69) is 0 Å². The van der Waals surface area contributed by atoms with E-state index in [4.69, 9.17) is 0 Å². The summed E-state index contributed by atoms with van der Waals surface area (Å²) in [5, 5.41) is 0. The van der Waals surface area contributed by atoms with Gasteiger partial charge in [-0.2, -0.15) is 0 Å². The predicted molar refractivity (Wildman–Crippen MR) is 79.1 cm³/mol. The summed E-state index contributed by atoms with van der Waals surface area (Å²) in [6.07, 6.45) is 5.44. The number of carbonyl (C=O) groups is 2. The normalized spacial score (nSPS) is 17.0. The van der Waals surface area contributed by atoms with Crippen LogP contribution < -0.4 is 0 Å². The van der Waals surface area contributed by atoms with Crippen molar-refractivity contribution in [1.29, 1.82) is 0 Å². The maximum Gasteiger partial charge on any atom is 0.226 e. The van der Waals surface area contributed by atoms with Gasteiger partial charge < -0.3 is 9.69 Å². The minimum Gasteiger partial charge on any atom is -0.329 e. The third-order valence-corrected chi connectivity index (χ3v) is 4.34. The molecule has 1 fully saturated rings. The molecule has 3 nitrogen and oxygen atoms in total. The highest BCUT2D eigenvalue weighted by molar-refractivity contribution is 5.81. The molecule has 22 heavy (non-hydrogen) atoms. The van der Waals surface area contributed by atoms with Crippen molar-refractivity contribution < 1.29 is 18.4 Å². The smallest absolute Gasteiger partial charge is 0.226 e. The fourth-order valence-corrected chi connectivity index (χ4v) is 3.10. The molecule has 120 valence electrons. The van der Waals surface area contributed by atoms with Crippen molar-refractivity contribution in [2.75, 3.05) is 6.54 Å². The van der Waals surface area contributed by atoms with Crippen LogP contribution in [-0.4, -0.2) is 23.6 Å². The lowest BCUT2D eigenvalue weighted by molar-refractivity contribution is -0.140. The van der Waals surface area contributed by atoms with Crippen LogP contribution in [0.4, 0.5) is 8.78 Å². The van der Waals surface area contributed by atoms with E-state index in [1.807, 2.05) is 0 Å². The van der Waals surface area contributed by atoms with Gasteiger partial charge in [0.05, 0.1) is 12.6 Å². The van der Waals surface area contributed by atoms with Gasteiger partial charge in [0.15, 0.2) is 0 Å². The van der Waals surface area contributed by atoms with Crippen LogP contribution >= 0.6 is 0 Å². The monoisotopic (exact) mass is 309 g/mol. The zero-order valence-corrected chi connectivity index (χ0v) is 12.7. The topological polar surface area (TPSA) is 37.4 Å². The number of hydrogen-bond donors (Lipinski definition) is 0. The van der Waals surface area contributed by atoms with Gasteiger partial charge in [0.2, 0.25) is 5.91 Å². The Morgan fingerprint density at radius 2 is 1.82 bits per heavy atom. The average Bonchev–Trinajstić information content (AvgIpc) is 2.51. The standard InChI is InChI=1S/C17H21F2NO2/c1-12(14-9-15(18)11-16(19)10-14)20(7-8-21)17(22)13-5-3-2-4-6-13/h8-13H,2-7H2,1H3. The fourth-order valence-electron chi connectivity index (χ4n) is 3.10. The zero-order chi connectivity index (χ0) is 16.1. The van der Waals surface area contributed by atoms with Gasteiger partial charge >= 0.3 is 0 Å². The Kier molecular flexibility index (Phi) is 5.63. The fraction of sp³-hybridized carbons (Fsp3) is 0.529. The Morgan fingerprint density at radius 3 is 2.36 bits per heavy atom. The lowest BCUT2D eigenvalue weighted by Crippen LogP contribution is -2.40. The SMILES string of the molecule is CC(c1cc(F)cc(F)c1)N(CC=O)C(=O)C1CCCCC1. The largest absolute Gasteiger partial charge is 0.329 e. The second kappa shape index (κ2) is 7.47. The summed E-state index contributed by atoms with van der Waals surface area (Å²) < 4.78 is 26.8. The van der Waals surface area contributed by atoms with Gasteiger partial charge in [-0.1, -0.05) is 19.3 Å².